The summed E-state index contributed by atoms with van der Waals surface area (Å²) in [7, 11) is 1.47. The number of hydrazone groups is 1. The number of ether oxygens (including phenoxy) is 1. The number of alkyl halides is 3. The maximum Gasteiger partial charge on any atom is 0.438 e. The molecule has 1 aliphatic heterocycles. The third-order valence-corrected chi connectivity index (χ3v) is 5.42. The van der Waals surface area contributed by atoms with Crippen molar-refractivity contribution in [2.45, 2.75) is 24.1 Å². The van der Waals surface area contributed by atoms with Crippen LogP contribution in [0.1, 0.15) is 17.5 Å². The zero-order valence-electron chi connectivity index (χ0n) is 15.5. The van der Waals surface area contributed by atoms with E-state index >= 15 is 0 Å². The Morgan fingerprint density at radius 2 is 1.86 bits per heavy atom. The Balaban J connectivity index is 1.77. The van der Waals surface area contributed by atoms with Crippen LogP contribution in [0.2, 0.25) is 0 Å². The highest BCUT2D eigenvalue weighted by Crippen LogP contribution is 2.41. The smallest absolute Gasteiger partial charge is 0.438 e. The van der Waals surface area contributed by atoms with Crippen LogP contribution in [0.5, 0.6) is 5.75 Å². The van der Waals surface area contributed by atoms with Crippen LogP contribution in [-0.2, 0) is 10.5 Å². The monoisotopic (exact) mass is 424 g/mol. The Kier molecular flexibility index (Phi) is 6.18. The van der Waals surface area contributed by atoms with Crippen LogP contribution >= 0.6 is 11.8 Å². The Hall–Kier alpha value is -2.52. The second-order valence-electron chi connectivity index (χ2n) is 6.45. The average Bonchev–Trinajstić information content (AvgIpc) is 3.08. The van der Waals surface area contributed by atoms with Crippen molar-refractivity contribution in [3.8, 4) is 5.75 Å². The molecule has 0 unspecified atom stereocenters. The quantitative estimate of drug-likeness (QED) is 0.766. The number of methoxy groups -OCH3 is 1. The predicted octanol–water partition coefficient (Wildman–Crippen LogP) is 3.82. The Bertz CT molecular complexity index is 888. The highest BCUT2D eigenvalue weighted by atomic mass is 32.2. The number of benzene rings is 2. The molecule has 0 radical (unpaired) electrons. The number of hydrogen-bond acceptors (Lipinski definition) is 5. The van der Waals surface area contributed by atoms with E-state index in [-0.39, 0.29) is 16.5 Å². The lowest BCUT2D eigenvalue weighted by atomic mass is 10.0. The van der Waals surface area contributed by atoms with Gasteiger partial charge < -0.3 is 9.84 Å². The third-order valence-electron chi connectivity index (χ3n) is 4.44. The average molecular weight is 424 g/mol. The molecule has 1 N–H and O–H groups in total. The lowest BCUT2D eigenvalue weighted by molar-refractivity contribution is -0.301. The van der Waals surface area contributed by atoms with Gasteiger partial charge in [-0.2, -0.15) is 23.3 Å². The van der Waals surface area contributed by atoms with Gasteiger partial charge in [-0.05, 0) is 35.4 Å². The van der Waals surface area contributed by atoms with E-state index in [0.29, 0.717) is 17.1 Å². The molecule has 0 fully saturated rings. The van der Waals surface area contributed by atoms with Crippen molar-refractivity contribution in [3.05, 3.63) is 65.7 Å². The van der Waals surface area contributed by atoms with Crippen LogP contribution in [0.4, 0.5) is 13.2 Å². The number of hydrogen-bond donors (Lipinski definition) is 1. The highest BCUT2D eigenvalue weighted by Gasteiger charge is 2.63. The van der Waals surface area contributed by atoms with Gasteiger partial charge in [-0.25, -0.2) is 0 Å². The number of carbonyl (C=O) groups is 1. The van der Waals surface area contributed by atoms with Crippen molar-refractivity contribution in [1.82, 2.24) is 5.01 Å². The SMILES string of the molecule is COc1ccc(C2=NN(C(=O)CSCc3ccccc3)[C@](O)(C(F)(F)F)C2)cc1. The predicted molar refractivity (Wildman–Crippen MR) is 105 cm³/mol. The molecule has 29 heavy (non-hydrogen) atoms. The first-order chi connectivity index (χ1) is 13.7. The summed E-state index contributed by atoms with van der Waals surface area (Å²) in [6.07, 6.45) is -5.89. The van der Waals surface area contributed by atoms with E-state index in [0.717, 1.165) is 17.3 Å². The Morgan fingerprint density at radius 1 is 1.21 bits per heavy atom. The van der Waals surface area contributed by atoms with Crippen molar-refractivity contribution in [2.24, 2.45) is 5.10 Å². The first-order valence-electron chi connectivity index (χ1n) is 8.70. The van der Waals surface area contributed by atoms with Crippen LogP contribution in [0.3, 0.4) is 0 Å². The molecule has 3 rings (SSSR count). The maximum absolute atomic E-state index is 13.6. The molecule has 5 nitrogen and oxygen atoms in total. The minimum absolute atomic E-state index is 0.0195. The van der Waals surface area contributed by atoms with Gasteiger partial charge in [-0.1, -0.05) is 30.3 Å². The van der Waals surface area contributed by atoms with Crippen LogP contribution in [0.15, 0.2) is 59.7 Å². The second-order valence-corrected chi connectivity index (χ2v) is 7.44. The Labute approximate surface area is 170 Å². The summed E-state index contributed by atoms with van der Waals surface area (Å²) in [4.78, 5) is 12.5. The summed E-state index contributed by atoms with van der Waals surface area (Å²) in [5, 5.41) is 14.3. The van der Waals surface area contributed by atoms with Gasteiger partial charge in [0, 0.05) is 5.75 Å². The molecule has 0 aliphatic carbocycles. The van der Waals surface area contributed by atoms with Crippen molar-refractivity contribution in [2.75, 3.05) is 12.9 Å². The van der Waals surface area contributed by atoms with Crippen LogP contribution in [0.25, 0.3) is 0 Å². The largest absolute Gasteiger partial charge is 0.497 e. The number of carbonyl (C=O) groups excluding carboxylic acids is 1. The molecule has 9 heteroatoms. The molecular formula is C20H19F3N2O3S. The fourth-order valence-electron chi connectivity index (χ4n) is 2.86. The summed E-state index contributed by atoms with van der Waals surface area (Å²) in [6, 6.07) is 15.5. The van der Waals surface area contributed by atoms with Crippen molar-refractivity contribution in [3.63, 3.8) is 0 Å². The van der Waals surface area contributed by atoms with Crippen LogP contribution < -0.4 is 4.74 Å². The van der Waals surface area contributed by atoms with E-state index in [1.807, 2.05) is 30.3 Å². The second kappa shape index (κ2) is 8.46. The van der Waals surface area contributed by atoms with Crippen LogP contribution in [0, 0.1) is 0 Å². The number of nitrogens with zero attached hydrogens (tertiary/aromatic N) is 2. The van der Waals surface area contributed by atoms with Crippen molar-refractivity contribution >= 4 is 23.4 Å². The maximum atomic E-state index is 13.6. The van der Waals surface area contributed by atoms with E-state index in [9.17, 15) is 23.1 Å². The third kappa shape index (κ3) is 4.56. The number of thioether (sulfide) groups is 1. The van der Waals surface area contributed by atoms with Gasteiger partial charge in [0.15, 0.2) is 0 Å². The first-order valence-corrected chi connectivity index (χ1v) is 9.86. The molecular weight excluding hydrogens is 405 g/mol. The minimum Gasteiger partial charge on any atom is -0.497 e. The van der Waals surface area contributed by atoms with Crippen molar-refractivity contribution in [1.29, 1.82) is 0 Å². The standard InChI is InChI=1S/C20H19F3N2O3S/c1-28-16-9-7-15(8-10-16)17-11-19(27,20(21,22)23)25(24-17)18(26)13-29-12-14-5-3-2-4-6-14/h2-10,27H,11-13H2,1H3/t19-/m1/s1. The van der Waals surface area contributed by atoms with Crippen LogP contribution in [-0.4, -0.2) is 46.5 Å². The number of aliphatic hydroxyl groups is 1. The number of halogens is 3. The summed E-state index contributed by atoms with van der Waals surface area (Å²) in [6.45, 7) is 0. The Morgan fingerprint density at radius 3 is 2.45 bits per heavy atom. The lowest BCUT2D eigenvalue weighted by Crippen LogP contribution is -2.57. The normalized spacial score (nSPS) is 19.2. The molecule has 2 aromatic rings. The minimum atomic E-state index is -5.05. The molecule has 0 saturated carbocycles. The zero-order chi connectivity index (χ0) is 21.1. The molecule has 0 spiro atoms. The van der Waals surface area contributed by atoms with Gasteiger partial charge in [0.1, 0.15) is 5.75 Å². The van der Waals surface area contributed by atoms with E-state index in [1.165, 1.54) is 19.2 Å². The molecule has 154 valence electrons. The fraction of sp³-hybridized carbons (Fsp3) is 0.300. The van der Waals surface area contributed by atoms with E-state index in [1.54, 1.807) is 12.1 Å². The van der Waals surface area contributed by atoms with Gasteiger partial charge in [0.05, 0.1) is 25.0 Å². The molecule has 1 aliphatic rings. The van der Waals surface area contributed by atoms with Gasteiger partial charge >= 0.3 is 6.18 Å². The van der Waals surface area contributed by atoms with E-state index in [2.05, 4.69) is 5.10 Å². The summed E-state index contributed by atoms with van der Waals surface area (Å²) < 4.78 is 45.8. The molecule has 1 amide bonds. The lowest BCUT2D eigenvalue weighted by Gasteiger charge is -2.32. The zero-order valence-corrected chi connectivity index (χ0v) is 16.3. The molecule has 0 bridgehead atoms. The number of rotatable bonds is 6. The van der Waals surface area contributed by atoms with Gasteiger partial charge in [0.2, 0.25) is 0 Å². The topological polar surface area (TPSA) is 62.1 Å². The highest BCUT2D eigenvalue weighted by molar-refractivity contribution is 7.99. The van der Waals surface area contributed by atoms with Gasteiger partial charge in [-0.15, -0.1) is 11.8 Å². The van der Waals surface area contributed by atoms with Gasteiger partial charge in [0.25, 0.3) is 11.6 Å². The van der Waals surface area contributed by atoms with Gasteiger partial charge in [-0.3, -0.25) is 4.79 Å². The fourth-order valence-corrected chi connectivity index (χ4v) is 3.69. The van der Waals surface area contributed by atoms with Crippen molar-refractivity contribution < 1.29 is 27.8 Å². The molecule has 0 aromatic heterocycles. The summed E-state index contributed by atoms with van der Waals surface area (Å²) in [5.74, 6) is -0.162. The summed E-state index contributed by atoms with van der Waals surface area (Å²) >= 11 is 1.16. The molecule has 1 heterocycles. The van der Waals surface area contributed by atoms with E-state index < -0.39 is 24.2 Å². The molecule has 1 atom stereocenters. The van der Waals surface area contributed by atoms with E-state index in [4.69, 9.17) is 4.74 Å². The summed E-state index contributed by atoms with van der Waals surface area (Å²) in [5.41, 5.74) is -2.07. The molecule has 2 aromatic carbocycles. The first kappa shape index (κ1) is 21.2. The molecule has 0 saturated heterocycles. The number of amides is 1.